The van der Waals surface area contributed by atoms with Crippen LogP contribution in [0.5, 0.6) is 0 Å². The third kappa shape index (κ3) is 6.01. The SMILES string of the molecule is CC(C)(C)OC(=O)N1C[C@]2(C[C@H]1C(=O)NC1/C=C/CCCCC(=O)Nc3ccccc3NC(=O)C1=O)CC21CCC1. The van der Waals surface area contributed by atoms with Crippen LogP contribution in [-0.4, -0.2) is 58.7 Å². The lowest BCUT2D eigenvalue weighted by Gasteiger charge is -2.31. The van der Waals surface area contributed by atoms with Crippen LogP contribution in [0.3, 0.4) is 0 Å². The Hall–Kier alpha value is -3.69. The molecule has 2 heterocycles. The van der Waals surface area contributed by atoms with E-state index in [0.29, 0.717) is 50.0 Å². The molecule has 1 saturated heterocycles. The molecule has 3 fully saturated rings. The first-order valence-corrected chi connectivity index (χ1v) is 14.6. The number of hydrogen-bond donors (Lipinski definition) is 3. The second-order valence-corrected chi connectivity index (χ2v) is 13.0. The number of hydrogen-bond acceptors (Lipinski definition) is 6. The average Bonchev–Trinajstić information content (AvgIpc) is 3.38. The minimum atomic E-state index is -1.21. The lowest BCUT2D eigenvalue weighted by atomic mass is 9.74. The van der Waals surface area contributed by atoms with Crippen LogP contribution >= 0.6 is 0 Å². The van der Waals surface area contributed by atoms with Gasteiger partial charge in [0, 0.05) is 13.0 Å². The number of Topliss-reactive ketones (excluding diaryl/α,β-unsaturated/α-hetero) is 1. The maximum absolute atomic E-state index is 13.8. The first kappa shape index (κ1) is 28.8. The largest absolute Gasteiger partial charge is 0.444 e. The number of amides is 4. The van der Waals surface area contributed by atoms with Gasteiger partial charge in [-0.1, -0.05) is 30.7 Å². The second-order valence-electron chi connectivity index (χ2n) is 13.0. The zero-order chi connectivity index (χ0) is 29.4. The van der Waals surface area contributed by atoms with Gasteiger partial charge in [0.1, 0.15) is 17.7 Å². The van der Waals surface area contributed by atoms with E-state index >= 15 is 0 Å². The molecule has 5 rings (SSSR count). The molecule has 41 heavy (non-hydrogen) atoms. The van der Waals surface area contributed by atoms with Gasteiger partial charge in [-0.25, -0.2) is 4.79 Å². The molecule has 220 valence electrons. The molecule has 2 saturated carbocycles. The number of para-hydroxylation sites is 2. The molecule has 2 aliphatic heterocycles. The molecular formula is C31H40N4O6. The summed E-state index contributed by atoms with van der Waals surface area (Å²) >= 11 is 0. The molecule has 1 aromatic carbocycles. The van der Waals surface area contributed by atoms with E-state index in [1.807, 2.05) is 0 Å². The van der Waals surface area contributed by atoms with E-state index in [9.17, 15) is 24.0 Å². The first-order valence-electron chi connectivity index (χ1n) is 14.6. The average molecular weight is 565 g/mol. The summed E-state index contributed by atoms with van der Waals surface area (Å²) in [4.78, 5) is 67.3. The molecule has 2 aliphatic carbocycles. The minimum Gasteiger partial charge on any atom is -0.444 e. The lowest BCUT2D eigenvalue weighted by molar-refractivity contribution is -0.137. The normalized spacial score (nSPS) is 28.6. The van der Waals surface area contributed by atoms with E-state index in [4.69, 9.17) is 4.74 Å². The van der Waals surface area contributed by atoms with Crippen LogP contribution in [0.1, 0.15) is 78.6 Å². The quantitative estimate of drug-likeness (QED) is 0.362. The number of carbonyl (C=O) groups is 5. The van der Waals surface area contributed by atoms with Crippen LogP contribution in [0.25, 0.3) is 0 Å². The number of ether oxygens (including phenoxy) is 1. The molecule has 3 atom stereocenters. The monoisotopic (exact) mass is 564 g/mol. The Kier molecular flexibility index (Phi) is 7.70. The smallest absolute Gasteiger partial charge is 0.410 e. The predicted molar refractivity (Wildman–Crippen MR) is 153 cm³/mol. The highest BCUT2D eigenvalue weighted by molar-refractivity contribution is 6.43. The zero-order valence-electron chi connectivity index (χ0n) is 24.1. The van der Waals surface area contributed by atoms with Crippen LogP contribution < -0.4 is 16.0 Å². The number of benzene rings is 1. The van der Waals surface area contributed by atoms with Crippen molar-refractivity contribution in [1.29, 1.82) is 0 Å². The van der Waals surface area contributed by atoms with Crippen LogP contribution in [-0.2, 0) is 23.9 Å². The van der Waals surface area contributed by atoms with Gasteiger partial charge in [-0.05, 0) is 88.7 Å². The van der Waals surface area contributed by atoms with Crippen molar-refractivity contribution in [3.8, 4) is 0 Å². The van der Waals surface area contributed by atoms with Crippen LogP contribution in [0.15, 0.2) is 36.4 Å². The Morgan fingerprint density at radius 2 is 1.71 bits per heavy atom. The van der Waals surface area contributed by atoms with E-state index < -0.39 is 41.4 Å². The Balaban J connectivity index is 1.36. The summed E-state index contributed by atoms with van der Waals surface area (Å²) in [5.41, 5.74) is 0.0664. The second kappa shape index (κ2) is 10.9. The van der Waals surface area contributed by atoms with Crippen molar-refractivity contribution in [2.45, 2.75) is 96.2 Å². The highest BCUT2D eigenvalue weighted by Gasteiger charge is 2.73. The van der Waals surface area contributed by atoms with Crippen molar-refractivity contribution in [3.63, 3.8) is 0 Å². The molecule has 4 aliphatic rings. The zero-order valence-corrected chi connectivity index (χ0v) is 24.1. The molecule has 1 unspecified atom stereocenters. The topological polar surface area (TPSA) is 134 Å². The van der Waals surface area contributed by atoms with E-state index in [1.54, 1.807) is 51.1 Å². The lowest BCUT2D eigenvalue weighted by Crippen LogP contribution is -2.52. The van der Waals surface area contributed by atoms with Crippen molar-refractivity contribution < 1.29 is 28.7 Å². The number of anilines is 2. The first-order chi connectivity index (χ1) is 19.4. The van der Waals surface area contributed by atoms with Crippen molar-refractivity contribution in [1.82, 2.24) is 10.2 Å². The molecule has 4 amide bonds. The Morgan fingerprint density at radius 1 is 1.00 bits per heavy atom. The number of likely N-dealkylation sites (tertiary alicyclic amines) is 1. The summed E-state index contributed by atoms with van der Waals surface area (Å²) in [6.07, 6.45) is 9.86. The molecule has 2 spiro atoms. The summed E-state index contributed by atoms with van der Waals surface area (Å²) < 4.78 is 5.66. The third-order valence-electron chi connectivity index (χ3n) is 8.96. The van der Waals surface area contributed by atoms with Crippen molar-refractivity contribution in [2.75, 3.05) is 17.2 Å². The number of nitrogens with one attached hydrogen (secondary N) is 3. The van der Waals surface area contributed by atoms with E-state index in [0.717, 1.165) is 25.7 Å². The fourth-order valence-corrected chi connectivity index (χ4v) is 6.62. The number of ketones is 1. The minimum absolute atomic E-state index is 0.0984. The number of allylic oxidation sites excluding steroid dienone is 1. The number of fused-ring (bicyclic) bond motifs is 2. The maximum Gasteiger partial charge on any atom is 0.410 e. The molecule has 10 nitrogen and oxygen atoms in total. The highest BCUT2D eigenvalue weighted by Crippen LogP contribution is 2.77. The van der Waals surface area contributed by atoms with Gasteiger partial charge in [-0.15, -0.1) is 0 Å². The van der Waals surface area contributed by atoms with Crippen molar-refractivity contribution >= 4 is 41.0 Å². The van der Waals surface area contributed by atoms with Crippen LogP contribution in [0.2, 0.25) is 0 Å². The summed E-state index contributed by atoms with van der Waals surface area (Å²) in [5.74, 6) is -2.40. The fraction of sp³-hybridized carbons (Fsp3) is 0.581. The van der Waals surface area contributed by atoms with Gasteiger partial charge in [0.15, 0.2) is 0 Å². The van der Waals surface area contributed by atoms with Crippen LogP contribution in [0, 0.1) is 10.8 Å². The summed E-state index contributed by atoms with van der Waals surface area (Å²) in [7, 11) is 0. The highest BCUT2D eigenvalue weighted by atomic mass is 16.6. The fourth-order valence-electron chi connectivity index (χ4n) is 6.62. The van der Waals surface area contributed by atoms with Gasteiger partial charge in [-0.3, -0.25) is 24.1 Å². The molecular weight excluding hydrogens is 524 g/mol. The molecule has 0 bridgehead atoms. The third-order valence-corrected chi connectivity index (χ3v) is 8.96. The molecule has 0 radical (unpaired) electrons. The standard InChI is InChI=1S/C31H40N4O6/c1-29(2,3)41-28(40)35-19-31(18-30(31)15-10-16-30)17-23(35)26(38)34-22-13-6-4-5-7-14-24(36)32-20-11-8-9-12-21(20)33-27(39)25(22)37/h6,8-9,11-13,22-23H,4-5,7,10,14-19H2,1-3H3,(H,32,36)(H,33,39)(H,34,38)/b13-6+/t22?,23-,31-/m0/s1. The number of nitrogens with zero attached hydrogens (tertiary/aromatic N) is 1. The molecule has 1 aromatic rings. The summed E-state index contributed by atoms with van der Waals surface area (Å²) in [6, 6.07) is 4.65. The van der Waals surface area contributed by atoms with Crippen molar-refractivity contribution in [3.05, 3.63) is 36.4 Å². The van der Waals surface area contributed by atoms with Crippen molar-refractivity contribution in [2.24, 2.45) is 10.8 Å². The van der Waals surface area contributed by atoms with E-state index in [-0.39, 0.29) is 16.7 Å². The number of rotatable bonds is 2. The van der Waals surface area contributed by atoms with Gasteiger partial charge in [0.05, 0.1) is 11.4 Å². The predicted octanol–water partition coefficient (Wildman–Crippen LogP) is 4.32. The summed E-state index contributed by atoms with van der Waals surface area (Å²) in [5, 5.41) is 8.15. The molecule has 0 aromatic heterocycles. The van der Waals surface area contributed by atoms with Gasteiger partial charge in [0.25, 0.3) is 5.91 Å². The van der Waals surface area contributed by atoms with Gasteiger partial charge in [0.2, 0.25) is 17.6 Å². The van der Waals surface area contributed by atoms with Gasteiger partial charge < -0.3 is 20.7 Å². The summed E-state index contributed by atoms with van der Waals surface area (Å²) in [6.45, 7) is 5.82. The van der Waals surface area contributed by atoms with E-state index in [2.05, 4.69) is 16.0 Å². The maximum atomic E-state index is 13.8. The molecule has 3 N–H and O–H groups in total. The van der Waals surface area contributed by atoms with Gasteiger partial charge in [-0.2, -0.15) is 0 Å². The Labute approximate surface area is 240 Å². The van der Waals surface area contributed by atoms with E-state index in [1.165, 1.54) is 11.0 Å². The molecule has 10 heteroatoms. The Bertz CT molecular complexity index is 1280. The Morgan fingerprint density at radius 3 is 2.34 bits per heavy atom. The van der Waals surface area contributed by atoms with Crippen LogP contribution in [0.4, 0.5) is 16.2 Å². The van der Waals surface area contributed by atoms with Gasteiger partial charge >= 0.3 is 6.09 Å². The number of carbonyl (C=O) groups excluding carboxylic acids is 5.